The Labute approximate surface area is 185 Å². The number of alkyl carbamates (subject to hydrolysis) is 1. The van der Waals surface area contributed by atoms with Crippen molar-refractivity contribution in [3.63, 3.8) is 0 Å². The molecule has 1 saturated carbocycles. The van der Waals surface area contributed by atoms with Crippen LogP contribution in [0.25, 0.3) is 10.9 Å². The molecule has 158 valence electrons. The molecule has 0 radical (unpaired) electrons. The monoisotopic (exact) mass is 458 g/mol. The largest absolute Gasteiger partial charge is 0.445 e. The maximum Gasteiger partial charge on any atom is 0.407 e. The summed E-state index contributed by atoms with van der Waals surface area (Å²) in [5, 5.41) is 7.52. The summed E-state index contributed by atoms with van der Waals surface area (Å²) in [5.41, 5.74) is 2.10. The highest BCUT2D eigenvalue weighted by Crippen LogP contribution is 2.29. The molecule has 1 amide bonds. The summed E-state index contributed by atoms with van der Waals surface area (Å²) < 4.78 is 3.33. The number of anilines is 2. The SMILES string of the molecule is CN(C)c1cc(NC2CCC(NC(=O)OCC(Cl)(Cl)Cl)CC2)nc2ccccc12. The van der Waals surface area contributed by atoms with Gasteiger partial charge in [-0.15, -0.1) is 0 Å². The lowest BCUT2D eigenvalue weighted by atomic mass is 9.91. The second-order valence-corrected chi connectivity index (χ2v) is 9.98. The minimum atomic E-state index is -1.60. The van der Waals surface area contributed by atoms with E-state index in [-0.39, 0.29) is 12.6 Å². The van der Waals surface area contributed by atoms with E-state index in [0.29, 0.717) is 6.04 Å². The number of rotatable bonds is 5. The summed E-state index contributed by atoms with van der Waals surface area (Å²) in [6.07, 6.45) is 2.96. The van der Waals surface area contributed by atoms with Crippen molar-refractivity contribution >= 4 is 63.3 Å². The summed E-state index contributed by atoms with van der Waals surface area (Å²) in [4.78, 5) is 18.7. The number of alkyl halides is 3. The molecule has 0 aliphatic heterocycles. The highest BCUT2D eigenvalue weighted by atomic mass is 35.6. The van der Waals surface area contributed by atoms with Crippen LogP contribution in [0.3, 0.4) is 0 Å². The number of hydrogen-bond acceptors (Lipinski definition) is 5. The van der Waals surface area contributed by atoms with E-state index in [1.165, 1.54) is 0 Å². The lowest BCUT2D eigenvalue weighted by Crippen LogP contribution is -2.41. The summed E-state index contributed by atoms with van der Waals surface area (Å²) >= 11 is 16.8. The molecule has 0 atom stereocenters. The van der Waals surface area contributed by atoms with Gasteiger partial charge in [-0.1, -0.05) is 53.0 Å². The van der Waals surface area contributed by atoms with Crippen LogP contribution in [0.4, 0.5) is 16.3 Å². The third-order valence-corrected chi connectivity index (χ3v) is 5.27. The first-order chi connectivity index (χ1) is 13.7. The number of para-hydroxylation sites is 1. The average molecular weight is 460 g/mol. The molecular formula is C20H25Cl3N4O2. The molecule has 1 aromatic carbocycles. The summed E-state index contributed by atoms with van der Waals surface area (Å²) in [7, 11) is 4.06. The van der Waals surface area contributed by atoms with Crippen LogP contribution < -0.4 is 15.5 Å². The quantitative estimate of drug-likeness (QED) is 0.607. The third kappa shape index (κ3) is 6.43. The third-order valence-electron chi connectivity index (χ3n) is 4.94. The fourth-order valence-corrected chi connectivity index (χ4v) is 3.71. The first-order valence-electron chi connectivity index (χ1n) is 9.55. The Morgan fingerprint density at radius 2 is 1.83 bits per heavy atom. The van der Waals surface area contributed by atoms with Crippen LogP contribution in [0.2, 0.25) is 0 Å². The first-order valence-corrected chi connectivity index (χ1v) is 10.7. The Bertz CT molecular complexity index is 849. The van der Waals surface area contributed by atoms with Crippen molar-refractivity contribution in [3.05, 3.63) is 30.3 Å². The maximum absolute atomic E-state index is 11.8. The zero-order valence-corrected chi connectivity index (χ0v) is 18.7. The second-order valence-electron chi connectivity index (χ2n) is 7.47. The van der Waals surface area contributed by atoms with Crippen LogP contribution in [0.1, 0.15) is 25.7 Å². The van der Waals surface area contributed by atoms with Crippen molar-refractivity contribution in [2.24, 2.45) is 0 Å². The van der Waals surface area contributed by atoms with Gasteiger partial charge in [0.05, 0.1) is 5.52 Å². The molecule has 2 aromatic rings. The zero-order chi connectivity index (χ0) is 21.0. The number of hydrogen-bond donors (Lipinski definition) is 2. The minimum Gasteiger partial charge on any atom is -0.445 e. The fourth-order valence-electron chi connectivity index (χ4n) is 3.55. The molecule has 9 heteroatoms. The van der Waals surface area contributed by atoms with Crippen molar-refractivity contribution in [2.75, 3.05) is 30.9 Å². The summed E-state index contributed by atoms with van der Waals surface area (Å²) in [6.45, 7) is -0.276. The predicted molar refractivity (Wildman–Crippen MR) is 121 cm³/mol. The Kier molecular flexibility index (Phi) is 7.19. The number of nitrogens with zero attached hydrogens (tertiary/aromatic N) is 2. The van der Waals surface area contributed by atoms with Gasteiger partial charge in [-0.3, -0.25) is 0 Å². The Balaban J connectivity index is 1.55. The van der Waals surface area contributed by atoms with Gasteiger partial charge in [0.2, 0.25) is 3.79 Å². The molecule has 1 aliphatic rings. The van der Waals surface area contributed by atoms with Crippen LogP contribution in [-0.2, 0) is 4.74 Å². The number of aromatic nitrogens is 1. The van der Waals surface area contributed by atoms with E-state index < -0.39 is 9.89 Å². The van der Waals surface area contributed by atoms with Crippen molar-refractivity contribution in [2.45, 2.75) is 41.6 Å². The molecule has 1 heterocycles. The van der Waals surface area contributed by atoms with E-state index in [0.717, 1.165) is 48.1 Å². The summed E-state index contributed by atoms with van der Waals surface area (Å²) in [6, 6.07) is 10.6. The highest BCUT2D eigenvalue weighted by Gasteiger charge is 2.26. The fraction of sp³-hybridized carbons (Fsp3) is 0.500. The zero-order valence-electron chi connectivity index (χ0n) is 16.4. The normalized spacial score (nSPS) is 19.6. The molecule has 1 fully saturated rings. The van der Waals surface area contributed by atoms with Gasteiger partial charge in [0.25, 0.3) is 0 Å². The second kappa shape index (κ2) is 9.45. The Morgan fingerprint density at radius 1 is 1.17 bits per heavy atom. The number of nitrogens with one attached hydrogen (secondary N) is 2. The molecule has 1 aromatic heterocycles. The van der Waals surface area contributed by atoms with Gasteiger partial charge in [-0.05, 0) is 31.7 Å². The van der Waals surface area contributed by atoms with E-state index >= 15 is 0 Å². The van der Waals surface area contributed by atoms with Gasteiger partial charge in [-0.2, -0.15) is 0 Å². The van der Waals surface area contributed by atoms with E-state index in [1.807, 2.05) is 32.3 Å². The van der Waals surface area contributed by atoms with Crippen LogP contribution in [0.5, 0.6) is 0 Å². The van der Waals surface area contributed by atoms with Crippen LogP contribution in [-0.4, -0.2) is 47.7 Å². The van der Waals surface area contributed by atoms with Crippen molar-refractivity contribution in [3.8, 4) is 0 Å². The van der Waals surface area contributed by atoms with Gasteiger partial charge < -0.3 is 20.3 Å². The first kappa shape index (κ1) is 22.1. The molecule has 0 spiro atoms. The van der Waals surface area contributed by atoms with Gasteiger partial charge in [0.15, 0.2) is 0 Å². The number of ether oxygens (including phenoxy) is 1. The van der Waals surface area contributed by atoms with Crippen molar-refractivity contribution in [1.29, 1.82) is 0 Å². The number of carbonyl (C=O) groups excluding carboxylic acids is 1. The van der Waals surface area contributed by atoms with Gasteiger partial charge >= 0.3 is 6.09 Å². The molecule has 2 N–H and O–H groups in total. The number of amides is 1. The van der Waals surface area contributed by atoms with E-state index in [4.69, 9.17) is 44.5 Å². The standard InChI is InChI=1S/C20H25Cl3N4O2/c1-27(2)17-11-18(26-16-6-4-3-5-15(16)17)24-13-7-9-14(10-8-13)25-19(28)29-12-20(21,22)23/h3-6,11,13-14H,7-10,12H2,1-2H3,(H,24,26)(H,25,28). The van der Waals surface area contributed by atoms with Crippen LogP contribution in [0.15, 0.2) is 30.3 Å². The smallest absolute Gasteiger partial charge is 0.407 e. The number of halogens is 3. The molecule has 0 saturated heterocycles. The number of benzene rings is 1. The topological polar surface area (TPSA) is 66.5 Å². The van der Waals surface area contributed by atoms with Gasteiger partial charge in [-0.25, -0.2) is 9.78 Å². The Morgan fingerprint density at radius 3 is 2.48 bits per heavy atom. The lowest BCUT2D eigenvalue weighted by molar-refractivity contribution is 0.141. The number of carbonyl (C=O) groups is 1. The number of fused-ring (bicyclic) bond motifs is 1. The predicted octanol–water partition coefficient (Wildman–Crippen LogP) is 5.12. The molecule has 6 nitrogen and oxygen atoms in total. The maximum atomic E-state index is 11.8. The molecule has 1 aliphatic carbocycles. The van der Waals surface area contributed by atoms with E-state index in [2.05, 4.69) is 27.7 Å². The highest BCUT2D eigenvalue weighted by molar-refractivity contribution is 6.67. The summed E-state index contributed by atoms with van der Waals surface area (Å²) in [5.74, 6) is 0.867. The van der Waals surface area contributed by atoms with Crippen molar-refractivity contribution in [1.82, 2.24) is 10.3 Å². The van der Waals surface area contributed by atoms with Crippen molar-refractivity contribution < 1.29 is 9.53 Å². The van der Waals surface area contributed by atoms with Gasteiger partial charge in [0, 0.05) is 43.3 Å². The van der Waals surface area contributed by atoms with E-state index in [1.54, 1.807) is 0 Å². The van der Waals surface area contributed by atoms with E-state index in [9.17, 15) is 4.79 Å². The molecule has 29 heavy (non-hydrogen) atoms. The molecule has 0 bridgehead atoms. The van der Waals surface area contributed by atoms with Gasteiger partial charge in [0.1, 0.15) is 12.4 Å². The lowest BCUT2D eigenvalue weighted by Gasteiger charge is -2.30. The molecule has 3 rings (SSSR count). The van der Waals surface area contributed by atoms with Crippen LogP contribution >= 0.6 is 34.8 Å². The minimum absolute atomic E-state index is 0.0535. The number of pyridine rings is 1. The molecule has 0 unspecified atom stereocenters. The Hall–Kier alpha value is -1.63. The molecular weight excluding hydrogens is 435 g/mol. The van der Waals surface area contributed by atoms with Crippen LogP contribution in [0, 0.1) is 0 Å². The average Bonchev–Trinajstić information content (AvgIpc) is 2.67.